The summed E-state index contributed by atoms with van der Waals surface area (Å²) in [5.74, 6) is -1.02. The molecule has 3 heterocycles. The van der Waals surface area contributed by atoms with Crippen LogP contribution in [0.2, 0.25) is 0 Å². The number of carbonyl (C=O) groups excluding carboxylic acids is 1. The van der Waals surface area contributed by atoms with E-state index in [0.29, 0.717) is 33.9 Å². The molecule has 0 saturated carbocycles. The molecule has 0 unspecified atom stereocenters. The molecular weight excluding hydrogens is 420 g/mol. The van der Waals surface area contributed by atoms with Crippen molar-refractivity contribution >= 4 is 23.2 Å². The van der Waals surface area contributed by atoms with E-state index in [1.165, 1.54) is 17.7 Å². The van der Waals surface area contributed by atoms with Gasteiger partial charge >= 0.3 is 0 Å². The molecule has 2 aromatic carbocycles. The van der Waals surface area contributed by atoms with E-state index in [-0.39, 0.29) is 5.91 Å². The number of aromatic amines is 1. The Morgan fingerprint density at radius 3 is 2.45 bits per heavy atom. The maximum Gasteiger partial charge on any atom is 0.256 e. The molecule has 1 aromatic heterocycles. The molecule has 3 aromatic rings. The first-order valence-corrected chi connectivity index (χ1v) is 11.3. The number of anilines is 1. The molecule has 33 heavy (non-hydrogen) atoms. The number of nitrogens with one attached hydrogen (secondary N) is 2. The van der Waals surface area contributed by atoms with Crippen LogP contribution < -0.4 is 5.32 Å². The van der Waals surface area contributed by atoms with Gasteiger partial charge in [-0.15, -0.1) is 0 Å². The number of fused-ring (bicyclic) bond motifs is 1. The lowest BCUT2D eigenvalue weighted by Gasteiger charge is -2.29. The normalized spacial score (nSPS) is 18.1. The fraction of sp³-hybridized carbons (Fsp3) is 0.296. The number of likely N-dealkylation sites (tertiary alicyclic amines) is 1. The lowest BCUT2D eigenvalue weighted by molar-refractivity contribution is -0.110. The third kappa shape index (κ3) is 3.89. The number of aromatic nitrogens is 1. The second-order valence-corrected chi connectivity index (χ2v) is 9.18. The maximum atomic E-state index is 13.9. The van der Waals surface area contributed by atoms with Crippen molar-refractivity contribution in [3.05, 3.63) is 76.1 Å². The van der Waals surface area contributed by atoms with E-state index in [9.17, 15) is 13.6 Å². The van der Waals surface area contributed by atoms with Crippen molar-refractivity contribution in [1.29, 1.82) is 0 Å². The number of rotatable bonds is 3. The Labute approximate surface area is 192 Å². The van der Waals surface area contributed by atoms with Crippen LogP contribution in [0.15, 0.2) is 36.4 Å². The molecular formula is C27H27F2N3O. The maximum absolute atomic E-state index is 13.9. The number of nitrogens with zero attached hydrogens (tertiary/aromatic N) is 1. The van der Waals surface area contributed by atoms with Crippen molar-refractivity contribution in [3.63, 3.8) is 0 Å². The van der Waals surface area contributed by atoms with Crippen molar-refractivity contribution in [3.8, 4) is 11.1 Å². The first kappa shape index (κ1) is 21.6. The van der Waals surface area contributed by atoms with E-state index in [0.717, 1.165) is 48.9 Å². The average Bonchev–Trinajstić information content (AvgIpc) is 3.23. The quantitative estimate of drug-likeness (QED) is 0.493. The van der Waals surface area contributed by atoms with Crippen LogP contribution in [0.25, 0.3) is 22.8 Å². The smallest absolute Gasteiger partial charge is 0.256 e. The summed E-state index contributed by atoms with van der Waals surface area (Å²) in [5.41, 5.74) is 7.35. The molecule has 170 valence electrons. The van der Waals surface area contributed by atoms with Crippen LogP contribution >= 0.6 is 0 Å². The highest BCUT2D eigenvalue weighted by Crippen LogP contribution is 2.42. The summed E-state index contributed by atoms with van der Waals surface area (Å²) < 4.78 is 27.9. The summed E-state index contributed by atoms with van der Waals surface area (Å²) in [6.07, 6.45) is 4.11. The molecule has 0 aliphatic carbocycles. The largest absolute Gasteiger partial charge is 0.359 e. The van der Waals surface area contributed by atoms with Gasteiger partial charge in [0.2, 0.25) is 0 Å². The van der Waals surface area contributed by atoms with Gasteiger partial charge in [0.05, 0.1) is 5.57 Å². The Morgan fingerprint density at radius 2 is 1.76 bits per heavy atom. The van der Waals surface area contributed by atoms with E-state index in [1.54, 1.807) is 12.1 Å². The molecule has 0 bridgehead atoms. The highest BCUT2D eigenvalue weighted by molar-refractivity contribution is 6.36. The number of piperidine rings is 1. The molecule has 0 atom stereocenters. The van der Waals surface area contributed by atoms with Gasteiger partial charge in [-0.05, 0) is 99.3 Å². The first-order chi connectivity index (χ1) is 15.8. The van der Waals surface area contributed by atoms with Gasteiger partial charge in [0.25, 0.3) is 5.91 Å². The fourth-order valence-electron chi connectivity index (χ4n) is 5.33. The lowest BCUT2D eigenvalue weighted by atomic mass is 9.87. The zero-order valence-electron chi connectivity index (χ0n) is 19.1. The summed E-state index contributed by atoms with van der Waals surface area (Å²) >= 11 is 0. The monoisotopic (exact) mass is 447 g/mol. The molecule has 2 aliphatic heterocycles. The minimum Gasteiger partial charge on any atom is -0.359 e. The van der Waals surface area contributed by atoms with Gasteiger partial charge in [0.1, 0.15) is 11.6 Å². The van der Waals surface area contributed by atoms with Gasteiger partial charge < -0.3 is 15.2 Å². The van der Waals surface area contributed by atoms with Crippen LogP contribution in [0.1, 0.15) is 46.8 Å². The molecule has 0 radical (unpaired) electrons. The predicted octanol–water partition coefficient (Wildman–Crippen LogP) is 5.88. The molecule has 5 rings (SSSR count). The summed E-state index contributed by atoms with van der Waals surface area (Å²) in [5, 5.41) is 2.90. The molecule has 0 spiro atoms. The molecule has 2 N–H and O–H groups in total. The minimum atomic E-state index is -0.649. The van der Waals surface area contributed by atoms with E-state index >= 15 is 0 Å². The molecule has 1 amide bonds. The van der Waals surface area contributed by atoms with Gasteiger partial charge in [-0.1, -0.05) is 12.1 Å². The Morgan fingerprint density at radius 1 is 1.06 bits per heavy atom. The SMILES string of the molecule is Cc1[nH]c(/C=C2\C(=O)Nc3cccc(-c4cc(F)cc(F)c4)c32)c(C)c1C1CCN(C)CC1. The van der Waals surface area contributed by atoms with Crippen LogP contribution in [-0.4, -0.2) is 35.9 Å². The van der Waals surface area contributed by atoms with Crippen LogP contribution in [0, 0.1) is 25.5 Å². The minimum absolute atomic E-state index is 0.221. The predicted molar refractivity (Wildman–Crippen MR) is 128 cm³/mol. The number of carbonyl (C=O) groups is 1. The zero-order chi connectivity index (χ0) is 23.3. The molecule has 1 saturated heterocycles. The Kier molecular flexibility index (Phi) is 5.41. The average molecular weight is 448 g/mol. The van der Waals surface area contributed by atoms with Crippen LogP contribution in [0.5, 0.6) is 0 Å². The summed E-state index contributed by atoms with van der Waals surface area (Å²) in [6.45, 7) is 6.35. The number of halogens is 2. The number of benzene rings is 2. The Hall–Kier alpha value is -3.25. The number of hydrogen-bond donors (Lipinski definition) is 2. The van der Waals surface area contributed by atoms with Crippen molar-refractivity contribution in [2.24, 2.45) is 0 Å². The van der Waals surface area contributed by atoms with E-state index in [1.807, 2.05) is 12.1 Å². The third-order valence-corrected chi connectivity index (χ3v) is 6.95. The van der Waals surface area contributed by atoms with Crippen molar-refractivity contribution in [2.75, 3.05) is 25.5 Å². The second-order valence-electron chi connectivity index (χ2n) is 9.18. The number of amides is 1. The van der Waals surface area contributed by atoms with Gasteiger partial charge in [-0.3, -0.25) is 4.79 Å². The fourth-order valence-corrected chi connectivity index (χ4v) is 5.33. The van der Waals surface area contributed by atoms with Gasteiger partial charge in [-0.25, -0.2) is 8.78 Å². The van der Waals surface area contributed by atoms with Crippen LogP contribution in [0.3, 0.4) is 0 Å². The van der Waals surface area contributed by atoms with E-state index in [2.05, 4.69) is 36.1 Å². The van der Waals surface area contributed by atoms with Crippen molar-refractivity contribution < 1.29 is 13.6 Å². The zero-order valence-corrected chi connectivity index (χ0v) is 19.1. The summed E-state index contributed by atoms with van der Waals surface area (Å²) in [4.78, 5) is 18.8. The number of H-pyrrole nitrogens is 1. The van der Waals surface area contributed by atoms with Gasteiger partial charge in [0, 0.05) is 28.7 Å². The standard InChI is InChI=1S/C27H27F2N3O/c1-15-24(30-16(2)25(15)17-7-9-32(3)10-8-17)14-22-26-21(5-4-6-23(26)31-27(22)33)18-11-19(28)13-20(29)12-18/h4-6,11-14,17,30H,7-10H2,1-3H3,(H,31,33)/b22-14-. The second kappa shape index (κ2) is 8.27. The number of aryl methyl sites for hydroxylation is 1. The highest BCUT2D eigenvalue weighted by atomic mass is 19.1. The summed E-state index contributed by atoms with van der Waals surface area (Å²) in [7, 11) is 2.15. The van der Waals surface area contributed by atoms with Crippen LogP contribution in [-0.2, 0) is 4.79 Å². The van der Waals surface area contributed by atoms with Crippen LogP contribution in [0.4, 0.5) is 14.5 Å². The van der Waals surface area contributed by atoms with Crippen molar-refractivity contribution in [2.45, 2.75) is 32.6 Å². The molecule has 6 heteroatoms. The summed E-state index contributed by atoms with van der Waals surface area (Å²) in [6, 6.07) is 8.81. The Bertz CT molecular complexity index is 1260. The Balaban J connectivity index is 1.60. The highest BCUT2D eigenvalue weighted by Gasteiger charge is 2.29. The molecule has 2 aliphatic rings. The lowest BCUT2D eigenvalue weighted by Crippen LogP contribution is -2.29. The van der Waals surface area contributed by atoms with E-state index in [4.69, 9.17) is 0 Å². The first-order valence-electron chi connectivity index (χ1n) is 11.3. The number of hydrogen-bond acceptors (Lipinski definition) is 2. The van der Waals surface area contributed by atoms with E-state index < -0.39 is 11.6 Å². The van der Waals surface area contributed by atoms with Gasteiger partial charge in [-0.2, -0.15) is 0 Å². The van der Waals surface area contributed by atoms with Gasteiger partial charge in [0.15, 0.2) is 0 Å². The third-order valence-electron chi connectivity index (χ3n) is 6.95. The molecule has 4 nitrogen and oxygen atoms in total. The van der Waals surface area contributed by atoms with Crippen molar-refractivity contribution in [1.82, 2.24) is 9.88 Å². The molecule has 1 fully saturated rings. The topological polar surface area (TPSA) is 48.1 Å².